The van der Waals surface area contributed by atoms with Crippen LogP contribution in [0, 0.1) is 33.4 Å². The number of halogens is 4. The first-order valence-corrected chi connectivity index (χ1v) is 7.22. The van der Waals surface area contributed by atoms with Crippen LogP contribution in [0.4, 0.5) is 28.9 Å². The van der Waals surface area contributed by atoms with Crippen LogP contribution in [0.2, 0.25) is 0 Å². The van der Waals surface area contributed by atoms with E-state index >= 15 is 0 Å². The normalized spacial score (nSPS) is 13.4. The van der Waals surface area contributed by atoms with E-state index < -0.39 is 62.8 Å². The second-order valence-electron chi connectivity index (χ2n) is 5.03. The Bertz CT molecular complexity index is 971. The molecule has 1 aliphatic heterocycles. The van der Waals surface area contributed by atoms with Gasteiger partial charge in [0, 0.05) is 6.20 Å². The van der Waals surface area contributed by atoms with Gasteiger partial charge in [0.1, 0.15) is 5.70 Å². The molecule has 0 unspecified atom stereocenters. The summed E-state index contributed by atoms with van der Waals surface area (Å²) in [7, 11) is 1.82. The number of methoxy groups -OCH3 is 2. The van der Waals surface area contributed by atoms with Crippen LogP contribution in [0.25, 0.3) is 0 Å². The van der Waals surface area contributed by atoms with E-state index in [4.69, 9.17) is 0 Å². The monoisotopic (exact) mass is 402 g/mol. The molecule has 0 saturated carbocycles. The molecule has 0 aliphatic carbocycles. The molecule has 0 spiro atoms. The standard InChI is InChI=1S/C16H10F4N2O6/c1-27-15(23)7-5-3-4-6-21(12(7)16(24)28-2)13-10(19)8(17)9(18)11(20)14(13)22(25)26/h3-6H,1-2H3. The number of nitro groups is 1. The van der Waals surface area contributed by atoms with Gasteiger partial charge in [0.15, 0.2) is 17.3 Å². The van der Waals surface area contributed by atoms with Gasteiger partial charge in [-0.25, -0.2) is 22.8 Å². The molecule has 0 atom stereocenters. The fourth-order valence-electron chi connectivity index (χ4n) is 2.33. The highest BCUT2D eigenvalue weighted by Crippen LogP contribution is 2.40. The van der Waals surface area contributed by atoms with E-state index in [1.54, 1.807) is 0 Å². The van der Waals surface area contributed by atoms with Crippen LogP contribution in [0.5, 0.6) is 0 Å². The molecule has 12 heteroatoms. The number of anilines is 1. The third-order valence-electron chi connectivity index (χ3n) is 3.53. The number of carbonyl (C=O) groups is 2. The molecule has 0 fully saturated rings. The van der Waals surface area contributed by atoms with Gasteiger partial charge >= 0.3 is 17.6 Å². The molecule has 0 amide bonds. The lowest BCUT2D eigenvalue weighted by atomic mass is 10.1. The molecule has 0 aromatic heterocycles. The zero-order valence-corrected chi connectivity index (χ0v) is 14.2. The first kappa shape index (κ1) is 20.6. The molecule has 0 radical (unpaired) electrons. The van der Waals surface area contributed by atoms with E-state index in [1.807, 2.05) is 0 Å². The van der Waals surface area contributed by atoms with Crippen LogP contribution in [-0.4, -0.2) is 31.1 Å². The van der Waals surface area contributed by atoms with Crippen molar-refractivity contribution in [3.63, 3.8) is 0 Å². The fraction of sp³-hybridized carbons (Fsp3) is 0.125. The Balaban J connectivity index is 2.98. The largest absolute Gasteiger partial charge is 0.465 e. The Kier molecular flexibility index (Phi) is 5.81. The average molecular weight is 402 g/mol. The molecule has 0 bridgehead atoms. The maximum absolute atomic E-state index is 14.5. The van der Waals surface area contributed by atoms with Crippen molar-refractivity contribution in [2.45, 2.75) is 0 Å². The van der Waals surface area contributed by atoms with Crippen molar-refractivity contribution in [1.29, 1.82) is 0 Å². The highest BCUT2D eigenvalue weighted by Gasteiger charge is 2.39. The van der Waals surface area contributed by atoms with Crippen molar-refractivity contribution >= 4 is 23.3 Å². The third-order valence-corrected chi connectivity index (χ3v) is 3.53. The van der Waals surface area contributed by atoms with Crippen molar-refractivity contribution in [2.75, 3.05) is 19.1 Å². The molecule has 0 saturated heterocycles. The van der Waals surface area contributed by atoms with Crippen molar-refractivity contribution in [3.05, 3.63) is 69.1 Å². The molecular weight excluding hydrogens is 392 g/mol. The number of nitro benzene ring substituents is 1. The van der Waals surface area contributed by atoms with E-state index in [2.05, 4.69) is 9.47 Å². The van der Waals surface area contributed by atoms with Crippen LogP contribution >= 0.6 is 0 Å². The predicted molar refractivity (Wildman–Crippen MR) is 84.7 cm³/mol. The predicted octanol–water partition coefficient (Wildman–Crippen LogP) is 2.64. The Hall–Kier alpha value is -3.70. The zero-order valence-electron chi connectivity index (χ0n) is 14.2. The molecule has 28 heavy (non-hydrogen) atoms. The van der Waals surface area contributed by atoms with Gasteiger partial charge in [-0.3, -0.25) is 10.1 Å². The van der Waals surface area contributed by atoms with Crippen LogP contribution in [0.15, 0.2) is 35.7 Å². The average Bonchev–Trinajstić information content (AvgIpc) is 2.90. The number of esters is 2. The summed E-state index contributed by atoms with van der Waals surface area (Å²) >= 11 is 0. The maximum Gasteiger partial charge on any atom is 0.355 e. The van der Waals surface area contributed by atoms with Crippen LogP contribution in [0.3, 0.4) is 0 Å². The van der Waals surface area contributed by atoms with Gasteiger partial charge in [0.25, 0.3) is 0 Å². The SMILES string of the molecule is COC(=O)C1=C(C(=O)OC)N(c2c(F)c(F)c(F)c(F)c2[N+](=O)[O-])C=CC=C1. The summed E-state index contributed by atoms with van der Waals surface area (Å²) in [5.74, 6) is -11.7. The number of allylic oxidation sites excluding steroid dienone is 2. The van der Waals surface area contributed by atoms with Crippen LogP contribution in [-0.2, 0) is 19.1 Å². The number of hydrogen-bond donors (Lipinski definition) is 0. The van der Waals surface area contributed by atoms with Gasteiger partial charge in [-0.2, -0.15) is 4.39 Å². The Labute approximate surface area is 154 Å². The minimum atomic E-state index is -2.42. The maximum atomic E-state index is 14.5. The van der Waals surface area contributed by atoms with Crippen molar-refractivity contribution < 1.29 is 41.5 Å². The molecular formula is C16H10F4N2O6. The number of nitrogens with zero attached hydrogens (tertiary/aromatic N) is 2. The van der Waals surface area contributed by atoms with Crippen molar-refractivity contribution in [2.24, 2.45) is 0 Å². The van der Waals surface area contributed by atoms with Gasteiger partial charge in [0.05, 0.1) is 24.7 Å². The van der Waals surface area contributed by atoms with Gasteiger partial charge in [-0.1, -0.05) is 6.08 Å². The summed E-state index contributed by atoms with van der Waals surface area (Å²) in [5, 5.41) is 11.2. The topological polar surface area (TPSA) is 99.0 Å². The quantitative estimate of drug-likeness (QED) is 0.191. The van der Waals surface area contributed by atoms with Crippen molar-refractivity contribution in [3.8, 4) is 0 Å². The highest BCUT2D eigenvalue weighted by molar-refractivity contribution is 6.05. The van der Waals surface area contributed by atoms with E-state index in [0.717, 1.165) is 38.6 Å². The first-order valence-electron chi connectivity index (χ1n) is 7.22. The lowest BCUT2D eigenvalue weighted by Crippen LogP contribution is -2.29. The van der Waals surface area contributed by atoms with Gasteiger partial charge in [-0.15, -0.1) is 0 Å². The number of ether oxygens (including phenoxy) is 2. The van der Waals surface area contributed by atoms with E-state index in [9.17, 15) is 37.3 Å². The first-order chi connectivity index (χ1) is 13.2. The van der Waals surface area contributed by atoms with Crippen molar-refractivity contribution in [1.82, 2.24) is 0 Å². The second-order valence-corrected chi connectivity index (χ2v) is 5.03. The Morgan fingerprint density at radius 3 is 2.07 bits per heavy atom. The molecule has 0 N–H and O–H groups in total. The summed E-state index contributed by atoms with van der Waals surface area (Å²) in [4.78, 5) is 34.2. The van der Waals surface area contributed by atoms with E-state index in [-0.39, 0.29) is 0 Å². The lowest BCUT2D eigenvalue weighted by Gasteiger charge is -2.23. The molecule has 148 valence electrons. The molecule has 1 heterocycles. The fourth-order valence-corrected chi connectivity index (χ4v) is 2.33. The number of hydrogen-bond acceptors (Lipinski definition) is 7. The summed E-state index contributed by atoms with van der Waals surface area (Å²) in [6.45, 7) is 0. The van der Waals surface area contributed by atoms with E-state index in [1.165, 1.54) is 0 Å². The summed E-state index contributed by atoms with van der Waals surface area (Å²) in [6, 6.07) is 0. The summed E-state index contributed by atoms with van der Waals surface area (Å²) < 4.78 is 64.7. The lowest BCUT2D eigenvalue weighted by molar-refractivity contribution is -0.387. The smallest absolute Gasteiger partial charge is 0.355 e. The van der Waals surface area contributed by atoms with Gasteiger partial charge in [-0.05, 0) is 12.2 Å². The van der Waals surface area contributed by atoms with E-state index in [0.29, 0.717) is 4.90 Å². The minimum Gasteiger partial charge on any atom is -0.465 e. The molecule has 2 rings (SSSR count). The summed E-state index contributed by atoms with van der Waals surface area (Å²) in [5.41, 5.74) is -4.68. The van der Waals surface area contributed by atoms with Gasteiger partial charge < -0.3 is 14.4 Å². The number of benzene rings is 1. The third kappa shape index (κ3) is 3.31. The second kappa shape index (κ2) is 7.90. The molecule has 1 aromatic rings. The zero-order chi connectivity index (χ0) is 21.2. The summed E-state index contributed by atoms with van der Waals surface area (Å²) in [6.07, 6.45) is 4.05. The Morgan fingerprint density at radius 2 is 1.54 bits per heavy atom. The molecule has 1 aromatic carbocycles. The number of rotatable bonds is 4. The van der Waals surface area contributed by atoms with Crippen LogP contribution in [0.1, 0.15) is 0 Å². The Morgan fingerprint density at radius 1 is 0.964 bits per heavy atom. The molecule has 1 aliphatic rings. The molecule has 8 nitrogen and oxygen atoms in total. The van der Waals surface area contributed by atoms with Crippen LogP contribution < -0.4 is 4.90 Å². The highest BCUT2D eigenvalue weighted by atomic mass is 19.2. The minimum absolute atomic E-state index is 0.303. The van der Waals surface area contributed by atoms with Gasteiger partial charge in [0.2, 0.25) is 11.6 Å². The number of carbonyl (C=O) groups excluding carboxylic acids is 2.